The van der Waals surface area contributed by atoms with Crippen molar-refractivity contribution < 1.29 is 23.8 Å². The molecule has 8 rings (SSSR count). The van der Waals surface area contributed by atoms with Gasteiger partial charge < -0.3 is 14.2 Å². The van der Waals surface area contributed by atoms with Crippen LogP contribution >= 0.6 is 0 Å². The molecule has 0 N–H and O–H groups in total. The molecule has 1 aliphatic heterocycles. The molecule has 1 heterocycles. The van der Waals surface area contributed by atoms with E-state index in [2.05, 4.69) is 147 Å². The van der Waals surface area contributed by atoms with Gasteiger partial charge in [-0.2, -0.15) is 0 Å². The molecule has 0 aromatic heterocycles. The molecule has 0 atom stereocenters. The van der Waals surface area contributed by atoms with Crippen molar-refractivity contribution in [2.45, 2.75) is 161 Å². The Morgan fingerprint density at radius 1 is 0.368 bits per heavy atom. The molecule has 0 unspecified atom stereocenters. The number of ether oxygens (including phenoxy) is 3. The fourth-order valence-electron chi connectivity index (χ4n) is 11.6. The van der Waals surface area contributed by atoms with E-state index in [1.807, 2.05) is 0 Å². The zero-order chi connectivity index (χ0) is 52.8. The number of benzene rings is 6. The minimum atomic E-state index is -0.186. The van der Waals surface area contributed by atoms with Gasteiger partial charge in [-0.05, 0) is 142 Å². The number of carbonyl (C=O) groups is 2. The lowest BCUT2D eigenvalue weighted by Crippen LogP contribution is -2.30. The molecule has 0 radical (unpaired) electrons. The summed E-state index contributed by atoms with van der Waals surface area (Å²) in [7, 11) is 1.75. The number of rotatable bonds is 34. The number of imide groups is 1. The first-order valence-electron chi connectivity index (χ1n) is 29.4. The monoisotopic (exact) mass is 1020 g/mol. The average molecular weight is 1020 g/mol. The Balaban J connectivity index is 0.955. The number of unbranched alkanes of at least 4 members (excludes halogenated alkanes) is 16. The molecule has 0 bridgehead atoms. The third-order valence-corrected chi connectivity index (χ3v) is 16.0. The number of amides is 2. The van der Waals surface area contributed by atoms with Crippen molar-refractivity contribution in [2.24, 2.45) is 0 Å². The highest BCUT2D eigenvalue weighted by Crippen LogP contribution is 2.56. The van der Waals surface area contributed by atoms with Gasteiger partial charge in [-0.25, -0.2) is 0 Å². The number of carbonyl (C=O) groups excluding carboxylic acids is 2. The van der Waals surface area contributed by atoms with Gasteiger partial charge in [0, 0.05) is 37.8 Å². The van der Waals surface area contributed by atoms with Crippen LogP contribution in [-0.2, 0) is 19.7 Å². The minimum absolute atomic E-state index is 0.0399. The van der Waals surface area contributed by atoms with E-state index in [0.29, 0.717) is 19.8 Å². The Morgan fingerprint density at radius 2 is 0.697 bits per heavy atom. The number of hydrogen-bond donors (Lipinski definition) is 0. The van der Waals surface area contributed by atoms with Gasteiger partial charge in [-0.3, -0.25) is 14.5 Å². The summed E-state index contributed by atoms with van der Waals surface area (Å²) in [6.07, 6.45) is 28.8. The van der Waals surface area contributed by atoms with Crippen molar-refractivity contribution in [3.05, 3.63) is 157 Å². The van der Waals surface area contributed by atoms with E-state index >= 15 is 0 Å². The van der Waals surface area contributed by atoms with Crippen molar-refractivity contribution in [1.29, 1.82) is 0 Å². The van der Waals surface area contributed by atoms with Crippen LogP contribution in [0.2, 0.25) is 0 Å². The topological polar surface area (TPSA) is 65.1 Å². The zero-order valence-electron chi connectivity index (χ0n) is 46.2. The fraction of sp³-hybridized carbons (Fsp3) is 0.429. The minimum Gasteiger partial charge on any atom is -0.494 e. The molecule has 0 saturated heterocycles. The molecule has 6 aromatic rings. The van der Waals surface area contributed by atoms with Crippen LogP contribution in [0.15, 0.2) is 146 Å². The molecule has 6 nitrogen and oxygen atoms in total. The van der Waals surface area contributed by atoms with E-state index < -0.39 is 0 Å². The first kappa shape index (κ1) is 56.0. The summed E-state index contributed by atoms with van der Waals surface area (Å²) in [6.45, 7) is 7.31. The highest BCUT2D eigenvalue weighted by Gasteiger charge is 2.42. The second-order valence-corrected chi connectivity index (χ2v) is 21.5. The van der Waals surface area contributed by atoms with Crippen molar-refractivity contribution in [1.82, 2.24) is 4.90 Å². The van der Waals surface area contributed by atoms with Crippen molar-refractivity contribution >= 4 is 11.8 Å². The summed E-state index contributed by atoms with van der Waals surface area (Å²) >= 11 is 0. The molecule has 2 aliphatic rings. The van der Waals surface area contributed by atoms with Crippen LogP contribution in [0.25, 0.3) is 55.6 Å². The van der Waals surface area contributed by atoms with E-state index in [4.69, 9.17) is 14.2 Å². The van der Waals surface area contributed by atoms with E-state index in [9.17, 15) is 9.59 Å². The molecule has 400 valence electrons. The lowest BCUT2D eigenvalue weighted by atomic mass is 9.70. The molecule has 6 aromatic carbocycles. The number of methoxy groups -OCH3 is 1. The van der Waals surface area contributed by atoms with Crippen LogP contribution in [-0.4, -0.2) is 50.2 Å². The standard InChI is InChI=1S/C70H85NO5/c1-4-6-8-10-14-18-46-70(47-19-15-11-9-7-5-2)66-52-60(58-28-24-54(25-29-58)56-32-38-62(39-33-56)75-50-21-17-13-12-16-20-48-71-68(72)44-45-69(71)73)36-42-64(66)65-43-37-61(53-67(65)70)59-30-26-55(27-31-59)57-34-40-63(41-35-57)76-51-23-22-49-74-3/h24-45,52-53H,4-23,46-51H2,1-3H3. The molecule has 2 amide bonds. The van der Waals surface area contributed by atoms with Crippen LogP contribution in [0.1, 0.15) is 166 Å². The Labute approximate surface area is 456 Å². The molecular formula is C70H85NO5. The number of nitrogens with zero attached hydrogens (tertiary/aromatic N) is 1. The maximum absolute atomic E-state index is 11.7. The Kier molecular flexibility index (Phi) is 21.6. The van der Waals surface area contributed by atoms with Crippen LogP contribution in [0.5, 0.6) is 11.5 Å². The van der Waals surface area contributed by atoms with E-state index in [0.717, 1.165) is 69.5 Å². The van der Waals surface area contributed by atoms with Crippen LogP contribution in [0, 0.1) is 0 Å². The summed E-state index contributed by atoms with van der Waals surface area (Å²) in [5.74, 6) is 1.44. The summed E-state index contributed by atoms with van der Waals surface area (Å²) in [6, 6.07) is 50.2. The molecular weight excluding hydrogens is 935 g/mol. The van der Waals surface area contributed by atoms with Gasteiger partial charge in [0.1, 0.15) is 11.5 Å². The van der Waals surface area contributed by atoms with Crippen LogP contribution in [0.3, 0.4) is 0 Å². The lowest BCUT2D eigenvalue weighted by Gasteiger charge is -2.33. The summed E-state index contributed by atoms with van der Waals surface area (Å²) in [5, 5.41) is 0. The van der Waals surface area contributed by atoms with Gasteiger partial charge >= 0.3 is 0 Å². The largest absolute Gasteiger partial charge is 0.494 e. The molecule has 0 spiro atoms. The second-order valence-electron chi connectivity index (χ2n) is 21.5. The number of fused-ring (bicyclic) bond motifs is 3. The van der Waals surface area contributed by atoms with Gasteiger partial charge in [0.25, 0.3) is 11.8 Å². The van der Waals surface area contributed by atoms with Crippen molar-refractivity contribution in [2.75, 3.05) is 33.5 Å². The molecule has 0 fully saturated rings. The predicted octanol–water partition coefficient (Wildman–Crippen LogP) is 18.6. The first-order chi connectivity index (χ1) is 37.4. The van der Waals surface area contributed by atoms with E-state index in [1.54, 1.807) is 7.11 Å². The summed E-state index contributed by atoms with van der Waals surface area (Å²) in [5.41, 5.74) is 15.8. The zero-order valence-corrected chi connectivity index (χ0v) is 46.2. The lowest BCUT2D eigenvalue weighted by molar-refractivity contribution is -0.136. The molecule has 1 aliphatic carbocycles. The smallest absolute Gasteiger partial charge is 0.253 e. The molecule has 76 heavy (non-hydrogen) atoms. The Morgan fingerprint density at radius 3 is 1.12 bits per heavy atom. The predicted molar refractivity (Wildman–Crippen MR) is 316 cm³/mol. The summed E-state index contributed by atoms with van der Waals surface area (Å²) in [4.78, 5) is 24.8. The first-order valence-corrected chi connectivity index (χ1v) is 29.4. The van der Waals surface area contributed by atoms with Gasteiger partial charge in [-0.15, -0.1) is 0 Å². The third-order valence-electron chi connectivity index (χ3n) is 16.0. The number of hydrogen-bond acceptors (Lipinski definition) is 5. The van der Waals surface area contributed by atoms with Gasteiger partial charge in [0.05, 0.1) is 13.2 Å². The molecule has 0 saturated carbocycles. The van der Waals surface area contributed by atoms with Crippen molar-refractivity contribution in [3.8, 4) is 67.1 Å². The quantitative estimate of drug-likeness (QED) is 0.0298. The maximum Gasteiger partial charge on any atom is 0.253 e. The highest BCUT2D eigenvalue weighted by molar-refractivity contribution is 6.12. The highest BCUT2D eigenvalue weighted by atomic mass is 16.5. The van der Waals surface area contributed by atoms with Gasteiger partial charge in [-0.1, -0.05) is 214 Å². The fourth-order valence-corrected chi connectivity index (χ4v) is 11.6. The van der Waals surface area contributed by atoms with Gasteiger partial charge in [0.2, 0.25) is 0 Å². The van der Waals surface area contributed by atoms with Crippen LogP contribution in [0.4, 0.5) is 0 Å². The second kappa shape index (κ2) is 29.3. The van der Waals surface area contributed by atoms with E-state index in [1.165, 1.54) is 174 Å². The van der Waals surface area contributed by atoms with Gasteiger partial charge in [0.15, 0.2) is 0 Å². The van der Waals surface area contributed by atoms with Crippen molar-refractivity contribution in [3.63, 3.8) is 0 Å². The maximum atomic E-state index is 11.7. The molecule has 6 heteroatoms. The summed E-state index contributed by atoms with van der Waals surface area (Å²) < 4.78 is 17.3. The van der Waals surface area contributed by atoms with Crippen LogP contribution < -0.4 is 9.47 Å². The third kappa shape index (κ3) is 15.0. The Hall–Kier alpha value is -6.24. The van der Waals surface area contributed by atoms with E-state index in [-0.39, 0.29) is 17.2 Å². The average Bonchev–Trinajstić information content (AvgIpc) is 3.97. The SMILES string of the molecule is CCCCCCCCC1(CCCCCCCC)c2cc(-c3ccc(-c4ccc(OCCCCCCCCN5C(=O)C=CC5=O)cc4)cc3)ccc2-c2ccc(-c3ccc(-c4ccc(OCCCCOC)cc4)cc3)cc21. The normalized spacial score (nSPS) is 13.4. The Bertz CT molecular complexity index is 2720.